The number of aryl methyl sites for hydroxylation is 1. The zero-order valence-corrected chi connectivity index (χ0v) is 11.6. The zero-order valence-electron chi connectivity index (χ0n) is 11.6. The Bertz CT molecular complexity index is 475. The number of rotatable bonds is 3. The van der Waals surface area contributed by atoms with Gasteiger partial charge in [-0.15, -0.1) is 0 Å². The van der Waals surface area contributed by atoms with Gasteiger partial charge in [-0.3, -0.25) is 9.69 Å². The molecule has 1 heterocycles. The summed E-state index contributed by atoms with van der Waals surface area (Å²) in [5, 5.41) is 0. The summed E-state index contributed by atoms with van der Waals surface area (Å²) in [6.45, 7) is 6.32. The molecule has 1 saturated heterocycles. The van der Waals surface area contributed by atoms with Crippen molar-refractivity contribution in [3.05, 3.63) is 35.1 Å². The lowest BCUT2D eigenvalue weighted by Crippen LogP contribution is -2.24. The molecule has 0 radical (unpaired) electrons. The molecular formula is C15H20FNO2. The number of ether oxygens (including phenoxy) is 1. The number of hydrogen-bond donors (Lipinski definition) is 0. The van der Waals surface area contributed by atoms with Crippen LogP contribution in [0.3, 0.4) is 0 Å². The van der Waals surface area contributed by atoms with Crippen molar-refractivity contribution in [1.29, 1.82) is 0 Å². The SMILES string of the molecule is COC(=O)C1CN(Cc2ccc(F)cc2C)CC1C. The molecule has 1 aromatic rings. The first-order chi connectivity index (χ1) is 9.01. The smallest absolute Gasteiger partial charge is 0.310 e. The predicted octanol–water partition coefficient (Wildman–Crippen LogP) is 2.38. The van der Waals surface area contributed by atoms with Crippen molar-refractivity contribution < 1.29 is 13.9 Å². The molecule has 0 aliphatic carbocycles. The van der Waals surface area contributed by atoms with Gasteiger partial charge >= 0.3 is 5.97 Å². The Balaban J connectivity index is 2.03. The van der Waals surface area contributed by atoms with Crippen molar-refractivity contribution in [3.63, 3.8) is 0 Å². The molecule has 2 rings (SSSR count). The fourth-order valence-electron chi connectivity index (χ4n) is 2.73. The molecule has 0 bridgehead atoms. The van der Waals surface area contributed by atoms with Crippen LogP contribution in [0.2, 0.25) is 0 Å². The van der Waals surface area contributed by atoms with E-state index >= 15 is 0 Å². The van der Waals surface area contributed by atoms with E-state index in [-0.39, 0.29) is 17.7 Å². The number of likely N-dealkylation sites (tertiary alicyclic amines) is 1. The van der Waals surface area contributed by atoms with E-state index in [9.17, 15) is 9.18 Å². The average Bonchev–Trinajstić information content (AvgIpc) is 2.73. The Kier molecular flexibility index (Phi) is 4.20. The minimum atomic E-state index is -0.205. The van der Waals surface area contributed by atoms with Gasteiger partial charge in [0.15, 0.2) is 0 Å². The molecule has 3 nitrogen and oxygen atoms in total. The maximum Gasteiger partial charge on any atom is 0.310 e. The lowest BCUT2D eigenvalue weighted by atomic mass is 9.99. The fraction of sp³-hybridized carbons (Fsp3) is 0.533. The second-order valence-corrected chi connectivity index (χ2v) is 5.37. The van der Waals surface area contributed by atoms with Crippen LogP contribution in [-0.4, -0.2) is 31.1 Å². The van der Waals surface area contributed by atoms with E-state index in [1.54, 1.807) is 6.07 Å². The third kappa shape index (κ3) is 3.13. The summed E-state index contributed by atoms with van der Waals surface area (Å²) in [5.74, 6) is -0.0896. The van der Waals surface area contributed by atoms with Crippen LogP contribution < -0.4 is 0 Å². The molecule has 1 fully saturated rings. The first-order valence-electron chi connectivity index (χ1n) is 6.56. The normalized spacial score (nSPS) is 23.6. The third-order valence-electron chi connectivity index (χ3n) is 3.89. The van der Waals surface area contributed by atoms with Gasteiger partial charge in [-0.1, -0.05) is 13.0 Å². The van der Waals surface area contributed by atoms with Gasteiger partial charge in [0.1, 0.15) is 5.82 Å². The molecular weight excluding hydrogens is 245 g/mol. The highest BCUT2D eigenvalue weighted by Gasteiger charge is 2.35. The fourth-order valence-corrected chi connectivity index (χ4v) is 2.73. The Morgan fingerprint density at radius 3 is 2.84 bits per heavy atom. The van der Waals surface area contributed by atoms with E-state index in [1.165, 1.54) is 13.2 Å². The number of carbonyl (C=O) groups excluding carboxylic acids is 1. The van der Waals surface area contributed by atoms with Crippen molar-refractivity contribution >= 4 is 5.97 Å². The maximum absolute atomic E-state index is 13.1. The van der Waals surface area contributed by atoms with Gasteiger partial charge < -0.3 is 4.74 Å². The quantitative estimate of drug-likeness (QED) is 0.786. The Hall–Kier alpha value is -1.42. The van der Waals surface area contributed by atoms with Crippen LogP contribution in [0.5, 0.6) is 0 Å². The van der Waals surface area contributed by atoms with Gasteiger partial charge in [0, 0.05) is 19.6 Å². The summed E-state index contributed by atoms with van der Waals surface area (Å²) >= 11 is 0. The molecule has 1 aliphatic rings. The highest BCUT2D eigenvalue weighted by Crippen LogP contribution is 2.26. The van der Waals surface area contributed by atoms with Crippen LogP contribution in [0.15, 0.2) is 18.2 Å². The summed E-state index contributed by atoms with van der Waals surface area (Å²) in [5.41, 5.74) is 2.06. The van der Waals surface area contributed by atoms with Crippen LogP contribution in [0.1, 0.15) is 18.1 Å². The molecule has 4 heteroatoms. The van der Waals surface area contributed by atoms with Gasteiger partial charge in [-0.2, -0.15) is 0 Å². The number of benzene rings is 1. The topological polar surface area (TPSA) is 29.5 Å². The summed E-state index contributed by atoms with van der Waals surface area (Å²) in [6, 6.07) is 4.85. The van der Waals surface area contributed by atoms with Crippen molar-refractivity contribution in [1.82, 2.24) is 4.90 Å². The molecule has 0 saturated carbocycles. The second kappa shape index (κ2) is 5.70. The summed E-state index contributed by atoms with van der Waals surface area (Å²) < 4.78 is 17.9. The number of halogens is 1. The lowest BCUT2D eigenvalue weighted by Gasteiger charge is -2.17. The number of esters is 1. The van der Waals surface area contributed by atoms with E-state index in [1.807, 2.05) is 13.0 Å². The van der Waals surface area contributed by atoms with E-state index in [0.717, 1.165) is 24.2 Å². The summed E-state index contributed by atoms with van der Waals surface area (Å²) in [4.78, 5) is 13.9. The highest BCUT2D eigenvalue weighted by atomic mass is 19.1. The van der Waals surface area contributed by atoms with Gasteiger partial charge in [-0.05, 0) is 36.1 Å². The minimum absolute atomic E-state index is 0.0502. The van der Waals surface area contributed by atoms with Gasteiger partial charge in [0.05, 0.1) is 13.0 Å². The Labute approximate surface area is 113 Å². The molecule has 0 amide bonds. The van der Waals surface area contributed by atoms with Crippen molar-refractivity contribution in [2.75, 3.05) is 20.2 Å². The summed E-state index contributed by atoms with van der Waals surface area (Å²) in [7, 11) is 1.43. The Morgan fingerprint density at radius 1 is 1.47 bits per heavy atom. The van der Waals surface area contributed by atoms with Crippen LogP contribution >= 0.6 is 0 Å². The first-order valence-corrected chi connectivity index (χ1v) is 6.56. The van der Waals surface area contributed by atoms with Gasteiger partial charge in [0.2, 0.25) is 0 Å². The van der Waals surface area contributed by atoms with Crippen molar-refractivity contribution in [2.24, 2.45) is 11.8 Å². The number of methoxy groups -OCH3 is 1. The average molecular weight is 265 g/mol. The molecule has 2 unspecified atom stereocenters. The molecule has 0 aromatic heterocycles. The molecule has 1 aromatic carbocycles. The van der Waals surface area contributed by atoms with E-state index in [0.29, 0.717) is 12.5 Å². The maximum atomic E-state index is 13.1. The minimum Gasteiger partial charge on any atom is -0.469 e. The van der Waals surface area contributed by atoms with E-state index < -0.39 is 0 Å². The van der Waals surface area contributed by atoms with Crippen LogP contribution in [-0.2, 0) is 16.1 Å². The summed E-state index contributed by atoms with van der Waals surface area (Å²) in [6.07, 6.45) is 0. The van der Waals surface area contributed by atoms with E-state index in [2.05, 4.69) is 11.8 Å². The first kappa shape index (κ1) is 14.0. The van der Waals surface area contributed by atoms with Crippen molar-refractivity contribution in [3.8, 4) is 0 Å². The number of hydrogen-bond acceptors (Lipinski definition) is 3. The van der Waals surface area contributed by atoms with E-state index in [4.69, 9.17) is 4.74 Å². The van der Waals surface area contributed by atoms with Crippen LogP contribution in [0, 0.1) is 24.6 Å². The molecule has 0 spiro atoms. The monoisotopic (exact) mass is 265 g/mol. The molecule has 0 N–H and O–H groups in total. The highest BCUT2D eigenvalue weighted by molar-refractivity contribution is 5.73. The number of nitrogens with zero attached hydrogens (tertiary/aromatic N) is 1. The van der Waals surface area contributed by atoms with Gasteiger partial charge in [-0.25, -0.2) is 4.39 Å². The molecule has 2 atom stereocenters. The van der Waals surface area contributed by atoms with Crippen LogP contribution in [0.25, 0.3) is 0 Å². The lowest BCUT2D eigenvalue weighted by molar-refractivity contribution is -0.146. The Morgan fingerprint density at radius 2 is 2.21 bits per heavy atom. The number of carbonyl (C=O) groups is 1. The molecule has 1 aliphatic heterocycles. The zero-order chi connectivity index (χ0) is 14.0. The predicted molar refractivity (Wildman–Crippen MR) is 71.1 cm³/mol. The largest absolute Gasteiger partial charge is 0.469 e. The van der Waals surface area contributed by atoms with Gasteiger partial charge in [0.25, 0.3) is 0 Å². The molecule has 19 heavy (non-hydrogen) atoms. The molecule has 104 valence electrons. The van der Waals surface area contributed by atoms with Crippen LogP contribution in [0.4, 0.5) is 4.39 Å². The second-order valence-electron chi connectivity index (χ2n) is 5.37. The third-order valence-corrected chi connectivity index (χ3v) is 3.89. The van der Waals surface area contributed by atoms with Crippen molar-refractivity contribution in [2.45, 2.75) is 20.4 Å². The standard InChI is InChI=1S/C15H20FNO2/c1-10-6-13(16)5-4-12(10)8-17-7-11(2)14(9-17)15(18)19-3/h4-6,11,14H,7-9H2,1-3H3.